The number of ether oxygens (including phenoxy) is 2. The molecule has 4 heteroatoms. The fourth-order valence-electron chi connectivity index (χ4n) is 3.23. The van der Waals surface area contributed by atoms with Gasteiger partial charge in [0.25, 0.3) is 5.91 Å². The second-order valence-electron chi connectivity index (χ2n) is 6.17. The van der Waals surface area contributed by atoms with Crippen molar-refractivity contribution in [1.29, 1.82) is 0 Å². The molecule has 0 saturated heterocycles. The summed E-state index contributed by atoms with van der Waals surface area (Å²) >= 11 is 0. The molecule has 2 aliphatic rings. The molecule has 2 aromatic carbocycles. The van der Waals surface area contributed by atoms with E-state index in [0.717, 1.165) is 42.1 Å². The minimum absolute atomic E-state index is 0.0115. The molecule has 2 aliphatic heterocycles. The van der Waals surface area contributed by atoms with Gasteiger partial charge < -0.3 is 14.4 Å². The molecule has 0 aliphatic carbocycles. The minimum atomic E-state index is 0.0115. The molecule has 0 N–H and O–H groups in total. The van der Waals surface area contributed by atoms with Gasteiger partial charge in [-0.1, -0.05) is 23.8 Å². The zero-order valence-electron chi connectivity index (χ0n) is 13.6. The Morgan fingerprint density at radius 2 is 2.00 bits per heavy atom. The Morgan fingerprint density at radius 1 is 1.12 bits per heavy atom. The van der Waals surface area contributed by atoms with Crippen LogP contribution < -0.4 is 14.4 Å². The number of fused-ring (bicyclic) bond motifs is 2. The number of carbonyl (C=O) groups is 1. The van der Waals surface area contributed by atoms with Crippen molar-refractivity contribution in [2.75, 3.05) is 18.2 Å². The van der Waals surface area contributed by atoms with Crippen LogP contribution in [0.15, 0.2) is 42.5 Å². The van der Waals surface area contributed by atoms with Gasteiger partial charge in [0.2, 0.25) is 6.79 Å². The van der Waals surface area contributed by atoms with E-state index in [4.69, 9.17) is 9.47 Å². The lowest BCUT2D eigenvalue weighted by Gasteiger charge is -2.29. The molecular formula is C20H19NO3. The molecular weight excluding hydrogens is 302 g/mol. The molecule has 0 aromatic heterocycles. The van der Waals surface area contributed by atoms with Crippen LogP contribution >= 0.6 is 0 Å². The highest BCUT2D eigenvalue weighted by atomic mass is 16.7. The van der Waals surface area contributed by atoms with Gasteiger partial charge in [0, 0.05) is 18.3 Å². The smallest absolute Gasteiger partial charge is 0.250 e. The molecule has 4 rings (SSSR count). The lowest BCUT2D eigenvalue weighted by atomic mass is 9.99. The number of amides is 1. The van der Waals surface area contributed by atoms with Crippen molar-refractivity contribution in [2.24, 2.45) is 0 Å². The van der Waals surface area contributed by atoms with Gasteiger partial charge in [-0.05, 0) is 55.2 Å². The van der Waals surface area contributed by atoms with Gasteiger partial charge in [0.15, 0.2) is 11.5 Å². The Hall–Kier alpha value is -2.75. The summed E-state index contributed by atoms with van der Waals surface area (Å²) < 4.78 is 10.7. The average Bonchev–Trinajstić information content (AvgIpc) is 3.06. The fourth-order valence-corrected chi connectivity index (χ4v) is 3.23. The molecule has 122 valence electrons. The third kappa shape index (κ3) is 2.75. The highest BCUT2D eigenvalue weighted by Gasteiger charge is 2.21. The van der Waals surface area contributed by atoms with E-state index in [2.05, 4.69) is 25.1 Å². The van der Waals surface area contributed by atoms with Crippen LogP contribution in [0.3, 0.4) is 0 Å². The predicted molar refractivity (Wildman–Crippen MR) is 93.5 cm³/mol. The van der Waals surface area contributed by atoms with Crippen molar-refractivity contribution in [3.05, 3.63) is 59.2 Å². The van der Waals surface area contributed by atoms with Gasteiger partial charge in [-0.15, -0.1) is 0 Å². The van der Waals surface area contributed by atoms with Crippen LogP contribution in [-0.4, -0.2) is 19.2 Å². The van der Waals surface area contributed by atoms with Crippen LogP contribution in [0.25, 0.3) is 6.08 Å². The number of hydrogen-bond donors (Lipinski definition) is 0. The third-order valence-electron chi connectivity index (χ3n) is 4.43. The van der Waals surface area contributed by atoms with E-state index in [1.807, 2.05) is 29.2 Å². The van der Waals surface area contributed by atoms with Crippen LogP contribution in [0, 0.1) is 6.92 Å². The van der Waals surface area contributed by atoms with Crippen LogP contribution in [0.4, 0.5) is 5.69 Å². The Bertz CT molecular complexity index is 826. The molecule has 0 spiro atoms. The highest BCUT2D eigenvalue weighted by molar-refractivity contribution is 6.04. The largest absolute Gasteiger partial charge is 0.454 e. The van der Waals surface area contributed by atoms with Crippen LogP contribution in [-0.2, 0) is 11.2 Å². The van der Waals surface area contributed by atoms with Gasteiger partial charge in [-0.3, -0.25) is 4.79 Å². The summed E-state index contributed by atoms with van der Waals surface area (Å²) in [6.07, 6.45) is 5.49. The zero-order valence-corrected chi connectivity index (χ0v) is 13.6. The standard InChI is InChI=1S/C20H19NO3/c1-14-4-7-17-16(11-14)3-2-10-21(17)20(22)9-6-15-5-8-18-19(12-15)24-13-23-18/h4-9,11-12H,2-3,10,13H2,1H3. The summed E-state index contributed by atoms with van der Waals surface area (Å²) in [7, 11) is 0. The topological polar surface area (TPSA) is 38.8 Å². The molecule has 0 saturated carbocycles. The normalized spacial score (nSPS) is 15.6. The summed E-state index contributed by atoms with van der Waals surface area (Å²) in [6, 6.07) is 12.0. The molecule has 0 fully saturated rings. The van der Waals surface area contributed by atoms with Crippen molar-refractivity contribution in [3.8, 4) is 11.5 Å². The van der Waals surface area contributed by atoms with Crippen molar-refractivity contribution in [2.45, 2.75) is 19.8 Å². The van der Waals surface area contributed by atoms with E-state index in [9.17, 15) is 4.79 Å². The highest BCUT2D eigenvalue weighted by Crippen LogP contribution is 2.33. The second-order valence-corrected chi connectivity index (χ2v) is 6.17. The summed E-state index contributed by atoms with van der Waals surface area (Å²) in [6.45, 7) is 3.10. The van der Waals surface area contributed by atoms with E-state index in [0.29, 0.717) is 0 Å². The van der Waals surface area contributed by atoms with E-state index >= 15 is 0 Å². The monoisotopic (exact) mass is 321 g/mol. The van der Waals surface area contributed by atoms with Crippen LogP contribution in [0.5, 0.6) is 11.5 Å². The van der Waals surface area contributed by atoms with E-state index in [1.54, 1.807) is 6.08 Å². The van der Waals surface area contributed by atoms with Crippen molar-refractivity contribution in [3.63, 3.8) is 0 Å². The first-order valence-electron chi connectivity index (χ1n) is 8.19. The Morgan fingerprint density at radius 3 is 2.92 bits per heavy atom. The molecule has 1 amide bonds. The molecule has 0 unspecified atom stereocenters. The van der Waals surface area contributed by atoms with Gasteiger partial charge in [-0.2, -0.15) is 0 Å². The number of aryl methyl sites for hydroxylation is 2. The third-order valence-corrected chi connectivity index (χ3v) is 4.43. The quantitative estimate of drug-likeness (QED) is 0.791. The van der Waals surface area contributed by atoms with Crippen molar-refractivity contribution in [1.82, 2.24) is 0 Å². The average molecular weight is 321 g/mol. The Kier molecular flexibility index (Phi) is 3.73. The zero-order chi connectivity index (χ0) is 16.5. The first kappa shape index (κ1) is 14.8. The van der Waals surface area contributed by atoms with E-state index < -0.39 is 0 Å². The maximum Gasteiger partial charge on any atom is 0.250 e. The lowest BCUT2D eigenvalue weighted by Crippen LogP contribution is -2.34. The molecule has 0 atom stereocenters. The number of anilines is 1. The molecule has 2 aromatic rings. The SMILES string of the molecule is Cc1ccc2c(c1)CCCN2C(=O)C=Cc1ccc2c(c1)OCO2. The second kappa shape index (κ2) is 6.04. The molecule has 24 heavy (non-hydrogen) atoms. The molecule has 0 radical (unpaired) electrons. The first-order chi connectivity index (χ1) is 11.7. The predicted octanol–water partition coefficient (Wildman–Crippen LogP) is 3.72. The van der Waals surface area contributed by atoms with E-state index in [-0.39, 0.29) is 12.7 Å². The minimum Gasteiger partial charge on any atom is -0.454 e. The van der Waals surface area contributed by atoms with Crippen LogP contribution in [0.1, 0.15) is 23.1 Å². The summed E-state index contributed by atoms with van der Waals surface area (Å²) in [5.41, 5.74) is 4.45. The van der Waals surface area contributed by atoms with Crippen molar-refractivity contribution >= 4 is 17.7 Å². The van der Waals surface area contributed by atoms with Gasteiger partial charge >= 0.3 is 0 Å². The number of rotatable bonds is 2. The fraction of sp³-hybridized carbons (Fsp3) is 0.250. The number of hydrogen-bond acceptors (Lipinski definition) is 3. The van der Waals surface area contributed by atoms with Crippen molar-refractivity contribution < 1.29 is 14.3 Å². The first-order valence-corrected chi connectivity index (χ1v) is 8.19. The van der Waals surface area contributed by atoms with Gasteiger partial charge in [0.05, 0.1) is 0 Å². The lowest BCUT2D eigenvalue weighted by molar-refractivity contribution is -0.114. The van der Waals surface area contributed by atoms with Gasteiger partial charge in [-0.25, -0.2) is 0 Å². The summed E-state index contributed by atoms with van der Waals surface area (Å²) in [5.74, 6) is 1.49. The summed E-state index contributed by atoms with van der Waals surface area (Å²) in [5, 5.41) is 0. The number of nitrogens with zero attached hydrogens (tertiary/aromatic N) is 1. The maximum absolute atomic E-state index is 12.6. The number of carbonyl (C=O) groups excluding carboxylic acids is 1. The molecule has 2 heterocycles. The summed E-state index contributed by atoms with van der Waals surface area (Å²) in [4.78, 5) is 14.5. The van der Waals surface area contributed by atoms with Gasteiger partial charge in [0.1, 0.15) is 0 Å². The number of benzene rings is 2. The molecule has 4 nitrogen and oxygen atoms in total. The van der Waals surface area contributed by atoms with E-state index in [1.165, 1.54) is 11.1 Å². The maximum atomic E-state index is 12.6. The van der Waals surface area contributed by atoms with Crippen LogP contribution in [0.2, 0.25) is 0 Å². The molecule has 0 bridgehead atoms. The Balaban J connectivity index is 1.55. The Labute approximate surface area is 141 Å².